The Morgan fingerprint density at radius 1 is 1.21 bits per heavy atom. The molecule has 1 aliphatic carbocycles. The minimum absolute atomic E-state index is 0.114. The summed E-state index contributed by atoms with van der Waals surface area (Å²) in [5.41, 5.74) is 9.74. The van der Waals surface area contributed by atoms with Gasteiger partial charge in [0.05, 0.1) is 0 Å². The molecule has 2 rings (SSSR count). The van der Waals surface area contributed by atoms with Gasteiger partial charge < -0.3 is 11.1 Å². The fraction of sp³-hybridized carbons (Fsp3) is 0.562. The molecule has 0 radical (unpaired) electrons. The van der Waals surface area contributed by atoms with Crippen LogP contribution >= 0.6 is 0 Å². The first-order valence-electron chi connectivity index (χ1n) is 7.37. The molecule has 1 aliphatic rings. The van der Waals surface area contributed by atoms with Crippen LogP contribution in [0.3, 0.4) is 0 Å². The Morgan fingerprint density at radius 2 is 2.00 bits per heavy atom. The third-order valence-electron chi connectivity index (χ3n) is 3.76. The van der Waals surface area contributed by atoms with E-state index >= 15 is 0 Å². The van der Waals surface area contributed by atoms with Crippen molar-refractivity contribution in [2.24, 2.45) is 5.73 Å². The number of rotatable bonds is 6. The second kappa shape index (κ2) is 7.29. The van der Waals surface area contributed by atoms with Crippen molar-refractivity contribution in [2.45, 2.75) is 44.9 Å². The predicted octanol–water partition coefficient (Wildman–Crippen LogP) is 1.96. The number of hydrogen-bond donors (Lipinski definition) is 2. The molecule has 0 heterocycles. The van der Waals surface area contributed by atoms with Gasteiger partial charge in [-0.05, 0) is 61.8 Å². The summed E-state index contributed by atoms with van der Waals surface area (Å²) in [5.74, 6) is 0.114. The Morgan fingerprint density at radius 3 is 2.79 bits per heavy atom. The lowest BCUT2D eigenvalue weighted by Crippen LogP contribution is -2.26. The number of nitrogens with one attached hydrogen (secondary N) is 1. The number of fused-ring (bicyclic) bond motifs is 1. The highest BCUT2D eigenvalue weighted by Gasteiger charge is 2.09. The highest BCUT2D eigenvalue weighted by molar-refractivity contribution is 5.75. The Hall–Kier alpha value is -1.35. The predicted molar refractivity (Wildman–Crippen MR) is 78.1 cm³/mol. The molecular weight excluding hydrogens is 236 g/mol. The molecule has 1 aromatic rings. The number of benzene rings is 1. The van der Waals surface area contributed by atoms with Gasteiger partial charge in [-0.25, -0.2) is 0 Å². The van der Waals surface area contributed by atoms with Gasteiger partial charge in [0.25, 0.3) is 0 Å². The van der Waals surface area contributed by atoms with E-state index in [1.807, 2.05) is 0 Å². The number of carbonyl (C=O) groups is 1. The molecule has 3 heteroatoms. The number of aryl methyl sites for hydroxylation is 2. The van der Waals surface area contributed by atoms with Gasteiger partial charge in [0.15, 0.2) is 0 Å². The number of hydrogen-bond acceptors (Lipinski definition) is 2. The molecule has 0 spiro atoms. The fourth-order valence-corrected chi connectivity index (χ4v) is 2.64. The second-order valence-electron chi connectivity index (χ2n) is 5.30. The number of nitrogens with two attached hydrogens (primary N) is 1. The molecule has 104 valence electrons. The summed E-state index contributed by atoms with van der Waals surface area (Å²) in [7, 11) is 0. The number of amides is 1. The summed E-state index contributed by atoms with van der Waals surface area (Å²) in [5, 5.41) is 2.95. The van der Waals surface area contributed by atoms with Gasteiger partial charge in [0, 0.05) is 13.0 Å². The third-order valence-corrected chi connectivity index (χ3v) is 3.76. The zero-order valence-corrected chi connectivity index (χ0v) is 11.6. The van der Waals surface area contributed by atoms with Gasteiger partial charge in [-0.3, -0.25) is 4.79 Å². The molecule has 0 aromatic heterocycles. The fourth-order valence-electron chi connectivity index (χ4n) is 2.64. The van der Waals surface area contributed by atoms with E-state index in [0.29, 0.717) is 13.0 Å². The Labute approximate surface area is 115 Å². The first-order chi connectivity index (χ1) is 9.29. The normalized spacial score (nSPS) is 13.9. The van der Waals surface area contributed by atoms with E-state index in [1.165, 1.54) is 42.4 Å². The van der Waals surface area contributed by atoms with Crippen LogP contribution in [0, 0.1) is 0 Å². The van der Waals surface area contributed by atoms with Crippen molar-refractivity contribution in [1.82, 2.24) is 5.32 Å². The van der Waals surface area contributed by atoms with Crippen molar-refractivity contribution in [3.8, 4) is 0 Å². The van der Waals surface area contributed by atoms with E-state index in [2.05, 4.69) is 23.5 Å². The first kappa shape index (κ1) is 14.1. The van der Waals surface area contributed by atoms with Crippen LogP contribution in [0.5, 0.6) is 0 Å². The summed E-state index contributed by atoms with van der Waals surface area (Å²) in [6.45, 7) is 1.31. The molecule has 0 unspecified atom stereocenters. The molecule has 0 aliphatic heterocycles. The lowest BCUT2D eigenvalue weighted by atomic mass is 9.90. The average molecular weight is 260 g/mol. The van der Waals surface area contributed by atoms with Crippen molar-refractivity contribution in [3.63, 3.8) is 0 Å². The van der Waals surface area contributed by atoms with E-state index < -0.39 is 0 Å². The van der Waals surface area contributed by atoms with Crippen molar-refractivity contribution < 1.29 is 4.79 Å². The molecule has 1 amide bonds. The maximum Gasteiger partial charge on any atom is 0.220 e. The summed E-state index contributed by atoms with van der Waals surface area (Å²) < 4.78 is 0. The van der Waals surface area contributed by atoms with Crippen molar-refractivity contribution in [1.29, 1.82) is 0 Å². The molecular formula is C16H24N2O. The summed E-state index contributed by atoms with van der Waals surface area (Å²) in [6.07, 6.45) is 7.31. The van der Waals surface area contributed by atoms with E-state index in [0.717, 1.165) is 19.4 Å². The van der Waals surface area contributed by atoms with Crippen LogP contribution in [0.25, 0.3) is 0 Å². The minimum Gasteiger partial charge on any atom is -0.356 e. The van der Waals surface area contributed by atoms with Gasteiger partial charge >= 0.3 is 0 Å². The van der Waals surface area contributed by atoms with Gasteiger partial charge in [0.1, 0.15) is 0 Å². The average Bonchev–Trinajstić information content (AvgIpc) is 2.45. The first-order valence-corrected chi connectivity index (χ1v) is 7.37. The Kier molecular flexibility index (Phi) is 5.40. The molecule has 19 heavy (non-hydrogen) atoms. The standard InChI is InChI=1S/C16H24N2O/c17-10-3-6-16(19)18-11-9-13-7-8-14-4-1-2-5-15(14)12-13/h7-8,12H,1-6,9-11,17H2,(H,18,19). The van der Waals surface area contributed by atoms with Crippen LogP contribution in [-0.4, -0.2) is 19.0 Å². The maximum atomic E-state index is 11.5. The van der Waals surface area contributed by atoms with Crippen LogP contribution in [0.4, 0.5) is 0 Å². The monoisotopic (exact) mass is 260 g/mol. The van der Waals surface area contributed by atoms with Crippen LogP contribution in [0.15, 0.2) is 18.2 Å². The highest BCUT2D eigenvalue weighted by atomic mass is 16.1. The quantitative estimate of drug-likeness (QED) is 0.821. The second-order valence-corrected chi connectivity index (χ2v) is 5.30. The van der Waals surface area contributed by atoms with Gasteiger partial charge in [-0.15, -0.1) is 0 Å². The largest absolute Gasteiger partial charge is 0.356 e. The highest BCUT2D eigenvalue weighted by Crippen LogP contribution is 2.22. The van der Waals surface area contributed by atoms with Crippen LogP contribution in [0.2, 0.25) is 0 Å². The van der Waals surface area contributed by atoms with E-state index in [-0.39, 0.29) is 5.91 Å². The Balaban J connectivity index is 1.78. The van der Waals surface area contributed by atoms with Gasteiger partial charge in [0.2, 0.25) is 5.91 Å². The molecule has 0 atom stereocenters. The smallest absolute Gasteiger partial charge is 0.220 e. The summed E-state index contributed by atoms with van der Waals surface area (Å²) >= 11 is 0. The maximum absolute atomic E-state index is 11.5. The van der Waals surface area contributed by atoms with Crippen molar-refractivity contribution >= 4 is 5.91 Å². The van der Waals surface area contributed by atoms with Crippen LogP contribution < -0.4 is 11.1 Å². The van der Waals surface area contributed by atoms with Crippen molar-refractivity contribution in [2.75, 3.05) is 13.1 Å². The van der Waals surface area contributed by atoms with Gasteiger partial charge in [-0.2, -0.15) is 0 Å². The van der Waals surface area contributed by atoms with E-state index in [1.54, 1.807) is 0 Å². The Bertz CT molecular complexity index is 429. The molecule has 3 N–H and O–H groups in total. The zero-order chi connectivity index (χ0) is 13.5. The molecule has 0 fully saturated rings. The molecule has 0 bridgehead atoms. The lowest BCUT2D eigenvalue weighted by molar-refractivity contribution is -0.121. The number of carbonyl (C=O) groups excluding carboxylic acids is 1. The van der Waals surface area contributed by atoms with Crippen LogP contribution in [-0.2, 0) is 24.1 Å². The van der Waals surface area contributed by atoms with E-state index in [9.17, 15) is 4.79 Å². The SMILES string of the molecule is NCCCC(=O)NCCc1ccc2c(c1)CCCC2. The third kappa shape index (κ3) is 4.35. The van der Waals surface area contributed by atoms with Crippen molar-refractivity contribution in [3.05, 3.63) is 34.9 Å². The summed E-state index contributed by atoms with van der Waals surface area (Å²) in [6, 6.07) is 6.79. The van der Waals surface area contributed by atoms with Gasteiger partial charge in [-0.1, -0.05) is 18.2 Å². The molecule has 0 saturated heterocycles. The molecule has 3 nitrogen and oxygen atoms in total. The van der Waals surface area contributed by atoms with E-state index in [4.69, 9.17) is 5.73 Å². The molecule has 1 aromatic carbocycles. The summed E-state index contributed by atoms with van der Waals surface area (Å²) in [4.78, 5) is 11.5. The zero-order valence-electron chi connectivity index (χ0n) is 11.6. The lowest BCUT2D eigenvalue weighted by Gasteiger charge is -2.16. The topological polar surface area (TPSA) is 55.1 Å². The molecule has 0 saturated carbocycles. The van der Waals surface area contributed by atoms with Crippen LogP contribution in [0.1, 0.15) is 42.4 Å². The minimum atomic E-state index is 0.114.